The minimum atomic E-state index is -0.366. The molecule has 6 heteroatoms. The summed E-state index contributed by atoms with van der Waals surface area (Å²) in [5.74, 6) is 0.951. The average Bonchev–Trinajstić information content (AvgIpc) is 3.06. The maximum atomic E-state index is 10.4. The summed E-state index contributed by atoms with van der Waals surface area (Å²) in [6, 6.07) is 3.98. The number of aromatic amines is 1. The molecule has 1 aliphatic rings. The number of β-amino-alcohol motifs (C(OH)–C–C–N with tert-alkyl or cyclic N) is 1. The maximum Gasteiger partial charge on any atom is 0.163 e. The van der Waals surface area contributed by atoms with Gasteiger partial charge in [0.1, 0.15) is 0 Å². The lowest BCUT2D eigenvalue weighted by Crippen LogP contribution is -2.22. The Labute approximate surface area is 130 Å². The first kappa shape index (κ1) is 14.8. The fourth-order valence-corrected chi connectivity index (χ4v) is 3.14. The number of ether oxygens (including phenoxy) is 1. The van der Waals surface area contributed by atoms with E-state index in [1.165, 1.54) is 0 Å². The number of H-pyrrole nitrogens is 1. The minimum Gasteiger partial charge on any atom is -0.493 e. The molecule has 22 heavy (non-hydrogen) atoms. The highest BCUT2D eigenvalue weighted by Gasteiger charge is 2.33. The monoisotopic (exact) mass is 302 g/mol. The zero-order chi connectivity index (χ0) is 15.7. The van der Waals surface area contributed by atoms with Gasteiger partial charge in [0.15, 0.2) is 5.75 Å². The zero-order valence-corrected chi connectivity index (χ0v) is 13.2. The van der Waals surface area contributed by atoms with Gasteiger partial charge in [-0.15, -0.1) is 0 Å². The van der Waals surface area contributed by atoms with Crippen molar-refractivity contribution in [2.24, 2.45) is 5.92 Å². The molecule has 1 aliphatic heterocycles. The molecule has 0 aliphatic carbocycles. The van der Waals surface area contributed by atoms with Gasteiger partial charge in [0.05, 0.1) is 30.3 Å². The normalized spacial score (nSPS) is 21.4. The number of aliphatic hydroxyl groups is 1. The van der Waals surface area contributed by atoms with E-state index in [2.05, 4.69) is 20.1 Å². The van der Waals surface area contributed by atoms with Gasteiger partial charge in [-0.05, 0) is 32.4 Å². The molecule has 3 heterocycles. The lowest BCUT2D eigenvalue weighted by atomic mass is 10.0. The molecule has 0 amide bonds. The second-order valence-electron chi connectivity index (χ2n) is 5.93. The first-order valence-corrected chi connectivity index (χ1v) is 7.52. The van der Waals surface area contributed by atoms with Gasteiger partial charge in [0.25, 0.3) is 0 Å². The van der Waals surface area contributed by atoms with Gasteiger partial charge in [-0.1, -0.05) is 0 Å². The molecular formula is C16H22N4O2. The predicted octanol–water partition coefficient (Wildman–Crippen LogP) is 1.47. The Morgan fingerprint density at radius 2 is 2.23 bits per heavy atom. The Balaban J connectivity index is 1.77. The van der Waals surface area contributed by atoms with E-state index in [4.69, 9.17) is 4.74 Å². The molecule has 1 saturated heterocycles. The third kappa shape index (κ3) is 2.78. The summed E-state index contributed by atoms with van der Waals surface area (Å²) in [4.78, 5) is 6.43. The largest absolute Gasteiger partial charge is 0.493 e. The van der Waals surface area contributed by atoms with Crippen molar-refractivity contribution in [1.29, 1.82) is 0 Å². The summed E-state index contributed by atoms with van der Waals surface area (Å²) in [6.07, 6.45) is 2.19. The van der Waals surface area contributed by atoms with Crippen LogP contribution in [0.5, 0.6) is 5.75 Å². The van der Waals surface area contributed by atoms with Crippen LogP contribution in [0, 0.1) is 19.8 Å². The van der Waals surface area contributed by atoms with Crippen LogP contribution in [0.25, 0.3) is 0 Å². The predicted molar refractivity (Wildman–Crippen MR) is 84.3 cm³/mol. The molecular weight excluding hydrogens is 280 g/mol. The fourth-order valence-electron chi connectivity index (χ4n) is 3.14. The van der Waals surface area contributed by atoms with Crippen molar-refractivity contribution in [3.63, 3.8) is 0 Å². The van der Waals surface area contributed by atoms with Crippen LogP contribution in [0.1, 0.15) is 17.1 Å². The smallest absolute Gasteiger partial charge is 0.163 e. The Morgan fingerprint density at radius 1 is 1.41 bits per heavy atom. The second-order valence-corrected chi connectivity index (χ2v) is 5.93. The summed E-state index contributed by atoms with van der Waals surface area (Å²) in [5, 5.41) is 17.6. The standard InChI is InChI=1S/C16H22N4O2/c1-10-6-13(19-18-10)7-12-8-20(9-15(12)21)14-4-5-17-11(2)16(14)22-3/h4-6,12,15,21H,7-9H2,1-3H3,(H,18,19)/t12-,15+/m1/s1. The van der Waals surface area contributed by atoms with Crippen LogP contribution < -0.4 is 9.64 Å². The summed E-state index contributed by atoms with van der Waals surface area (Å²) in [7, 11) is 1.66. The number of nitrogens with zero attached hydrogens (tertiary/aromatic N) is 3. The Bertz CT molecular complexity index is 655. The summed E-state index contributed by atoms with van der Waals surface area (Å²) in [6.45, 7) is 5.30. The molecule has 6 nitrogen and oxygen atoms in total. The maximum absolute atomic E-state index is 10.4. The molecule has 2 atom stereocenters. The average molecular weight is 302 g/mol. The SMILES string of the molecule is COc1c(N2C[C@@H](Cc3cc(C)[nH]n3)[C@@H](O)C2)ccnc1C. The molecule has 0 bridgehead atoms. The van der Waals surface area contributed by atoms with E-state index >= 15 is 0 Å². The molecule has 0 saturated carbocycles. The van der Waals surface area contributed by atoms with E-state index in [1.54, 1.807) is 13.3 Å². The summed E-state index contributed by atoms with van der Waals surface area (Å²) >= 11 is 0. The van der Waals surface area contributed by atoms with E-state index in [-0.39, 0.29) is 12.0 Å². The van der Waals surface area contributed by atoms with Crippen molar-refractivity contribution in [3.05, 3.63) is 35.4 Å². The molecule has 118 valence electrons. The lowest BCUT2D eigenvalue weighted by Gasteiger charge is -2.21. The molecule has 1 fully saturated rings. The highest BCUT2D eigenvalue weighted by molar-refractivity contribution is 5.60. The van der Waals surface area contributed by atoms with Crippen molar-refractivity contribution in [2.75, 3.05) is 25.1 Å². The van der Waals surface area contributed by atoms with Crippen molar-refractivity contribution in [1.82, 2.24) is 15.2 Å². The quantitative estimate of drug-likeness (QED) is 0.894. The molecule has 2 aromatic rings. The third-order valence-electron chi connectivity index (χ3n) is 4.24. The van der Waals surface area contributed by atoms with E-state index in [0.717, 1.165) is 41.5 Å². The van der Waals surface area contributed by atoms with Gasteiger partial charge in [-0.25, -0.2) is 0 Å². The second kappa shape index (κ2) is 5.96. The molecule has 2 aromatic heterocycles. The first-order chi connectivity index (χ1) is 10.6. The molecule has 0 unspecified atom stereocenters. The number of anilines is 1. The molecule has 3 rings (SSSR count). The number of aryl methyl sites for hydroxylation is 2. The van der Waals surface area contributed by atoms with E-state index in [0.29, 0.717) is 6.54 Å². The van der Waals surface area contributed by atoms with Crippen molar-refractivity contribution < 1.29 is 9.84 Å². The van der Waals surface area contributed by atoms with Crippen LogP contribution in [0.2, 0.25) is 0 Å². The van der Waals surface area contributed by atoms with Crippen LogP contribution in [0.3, 0.4) is 0 Å². The topological polar surface area (TPSA) is 74.3 Å². The number of aromatic nitrogens is 3. The van der Waals surface area contributed by atoms with Crippen LogP contribution in [-0.2, 0) is 6.42 Å². The highest BCUT2D eigenvalue weighted by Crippen LogP contribution is 2.34. The Hall–Kier alpha value is -2.08. The number of methoxy groups -OCH3 is 1. The molecule has 0 spiro atoms. The van der Waals surface area contributed by atoms with Crippen molar-refractivity contribution in [2.45, 2.75) is 26.4 Å². The first-order valence-electron chi connectivity index (χ1n) is 7.52. The molecule has 0 radical (unpaired) electrons. The van der Waals surface area contributed by atoms with Crippen LogP contribution in [0.15, 0.2) is 18.3 Å². The van der Waals surface area contributed by atoms with Gasteiger partial charge in [-0.2, -0.15) is 5.10 Å². The lowest BCUT2D eigenvalue weighted by molar-refractivity contribution is 0.148. The highest BCUT2D eigenvalue weighted by atomic mass is 16.5. The molecule has 2 N–H and O–H groups in total. The minimum absolute atomic E-state index is 0.167. The summed E-state index contributed by atoms with van der Waals surface area (Å²) < 4.78 is 5.48. The number of rotatable bonds is 4. The van der Waals surface area contributed by atoms with Crippen LogP contribution in [0.4, 0.5) is 5.69 Å². The number of nitrogens with one attached hydrogen (secondary N) is 1. The molecule has 0 aromatic carbocycles. The van der Waals surface area contributed by atoms with E-state index in [1.807, 2.05) is 26.0 Å². The fraction of sp³-hybridized carbons (Fsp3) is 0.500. The Kier molecular flexibility index (Phi) is 4.02. The van der Waals surface area contributed by atoms with E-state index < -0.39 is 0 Å². The Morgan fingerprint density at radius 3 is 2.91 bits per heavy atom. The summed E-state index contributed by atoms with van der Waals surface area (Å²) in [5.41, 5.74) is 3.91. The van der Waals surface area contributed by atoms with Crippen molar-refractivity contribution in [3.8, 4) is 5.75 Å². The van der Waals surface area contributed by atoms with E-state index in [9.17, 15) is 5.11 Å². The number of pyridine rings is 1. The third-order valence-corrected chi connectivity index (χ3v) is 4.24. The van der Waals surface area contributed by atoms with Gasteiger partial charge in [0.2, 0.25) is 0 Å². The van der Waals surface area contributed by atoms with Gasteiger partial charge < -0.3 is 14.7 Å². The van der Waals surface area contributed by atoms with Crippen LogP contribution in [-0.4, -0.2) is 46.6 Å². The van der Waals surface area contributed by atoms with Gasteiger partial charge in [-0.3, -0.25) is 10.1 Å². The number of aliphatic hydroxyl groups excluding tert-OH is 1. The van der Waals surface area contributed by atoms with Gasteiger partial charge in [0, 0.05) is 30.9 Å². The van der Waals surface area contributed by atoms with Gasteiger partial charge >= 0.3 is 0 Å². The van der Waals surface area contributed by atoms with Crippen molar-refractivity contribution >= 4 is 5.69 Å². The number of hydrogen-bond donors (Lipinski definition) is 2. The zero-order valence-electron chi connectivity index (χ0n) is 13.2. The number of hydrogen-bond acceptors (Lipinski definition) is 5. The van der Waals surface area contributed by atoms with Crippen LogP contribution >= 0.6 is 0 Å².